The van der Waals surface area contributed by atoms with E-state index in [2.05, 4.69) is 61.4 Å². The summed E-state index contributed by atoms with van der Waals surface area (Å²) < 4.78 is 0. The zero-order valence-electron chi connectivity index (χ0n) is 22.5. The van der Waals surface area contributed by atoms with Crippen LogP contribution in [-0.4, -0.2) is 68.6 Å². The van der Waals surface area contributed by atoms with E-state index in [1.54, 1.807) is 0 Å². The first-order valence-corrected chi connectivity index (χ1v) is 13.6. The summed E-state index contributed by atoms with van der Waals surface area (Å²) in [6.07, 6.45) is 5.55. The number of likely N-dealkylation sites (N-methyl/N-ethyl adjacent to an activating group) is 1. The van der Waals surface area contributed by atoms with Gasteiger partial charge < -0.3 is 10.2 Å². The molecule has 3 aromatic rings. The zero-order chi connectivity index (χ0) is 27.0. The van der Waals surface area contributed by atoms with E-state index >= 15 is 0 Å². The molecular weight excluding hydrogens is 502 g/mol. The normalized spacial score (nSPS) is 18.7. The maximum atomic E-state index is 13.0. The van der Waals surface area contributed by atoms with E-state index in [0.717, 1.165) is 62.3 Å². The van der Waals surface area contributed by atoms with Gasteiger partial charge in [0.15, 0.2) is 11.6 Å². The Bertz CT molecular complexity index is 1320. The molecule has 1 amide bonds. The van der Waals surface area contributed by atoms with Crippen molar-refractivity contribution in [2.24, 2.45) is 5.84 Å². The fraction of sp³-hybridized carbons (Fsp3) is 0.481. The van der Waals surface area contributed by atoms with E-state index in [4.69, 9.17) is 17.4 Å². The summed E-state index contributed by atoms with van der Waals surface area (Å²) >= 11 is 6.33. The fourth-order valence-electron chi connectivity index (χ4n) is 5.64. The van der Waals surface area contributed by atoms with Crippen LogP contribution < -0.4 is 16.2 Å². The smallest absolute Gasteiger partial charge is 0.246 e. The number of hydrazine groups is 1. The van der Waals surface area contributed by atoms with E-state index in [-0.39, 0.29) is 6.04 Å². The number of anilines is 4. The van der Waals surface area contributed by atoms with Crippen LogP contribution in [0.4, 0.5) is 23.3 Å². The molecule has 5 rings (SSSR count). The number of amides is 1. The number of halogens is 1. The van der Waals surface area contributed by atoms with E-state index < -0.39 is 0 Å². The average Bonchev–Trinajstić information content (AvgIpc) is 3.53. The van der Waals surface area contributed by atoms with Gasteiger partial charge in [0.25, 0.3) is 0 Å². The molecule has 1 atom stereocenters. The molecule has 0 aliphatic carbocycles. The first-order chi connectivity index (χ1) is 18.2. The number of nitrogens with zero attached hydrogens (tertiary/aromatic N) is 6. The van der Waals surface area contributed by atoms with Crippen molar-refractivity contribution in [1.29, 1.82) is 0 Å². The molecule has 2 aliphatic rings. The van der Waals surface area contributed by atoms with Crippen LogP contribution >= 0.6 is 11.6 Å². The molecule has 4 N–H and O–H groups in total. The Morgan fingerprint density at radius 1 is 1.13 bits per heavy atom. The highest BCUT2D eigenvalue weighted by Gasteiger charge is 2.33. The third-order valence-electron chi connectivity index (χ3n) is 7.80. The Balaban J connectivity index is 1.29. The third-order valence-corrected chi connectivity index (χ3v) is 8.07. The number of nitrogens with two attached hydrogens (primary N) is 1. The summed E-state index contributed by atoms with van der Waals surface area (Å²) in [7, 11) is 2.06. The van der Waals surface area contributed by atoms with E-state index in [0.29, 0.717) is 34.4 Å². The number of carbonyl (C=O) groups is 1. The topological polar surface area (TPSA) is 119 Å². The van der Waals surface area contributed by atoms with Gasteiger partial charge in [-0.05, 0) is 88.7 Å². The first-order valence-electron chi connectivity index (χ1n) is 13.2. The molecule has 0 saturated carbocycles. The van der Waals surface area contributed by atoms with Gasteiger partial charge in [0.1, 0.15) is 5.02 Å². The Labute approximate surface area is 228 Å². The molecular formula is C27H36ClN9O. The highest BCUT2D eigenvalue weighted by molar-refractivity contribution is 6.32. The maximum Gasteiger partial charge on any atom is 0.246 e. The number of benzene rings is 1. The molecule has 10 nitrogen and oxygen atoms in total. The van der Waals surface area contributed by atoms with Crippen LogP contribution in [0.25, 0.3) is 0 Å². The second kappa shape index (κ2) is 10.9. The molecule has 2 aromatic heterocycles. The van der Waals surface area contributed by atoms with Gasteiger partial charge in [-0.25, -0.2) is 15.8 Å². The molecule has 38 heavy (non-hydrogen) atoms. The van der Waals surface area contributed by atoms with E-state index in [1.165, 1.54) is 22.3 Å². The van der Waals surface area contributed by atoms with Crippen LogP contribution in [0, 0.1) is 20.8 Å². The molecule has 0 radical (unpaired) electrons. The summed E-state index contributed by atoms with van der Waals surface area (Å²) in [5.74, 6) is 8.59. The summed E-state index contributed by atoms with van der Waals surface area (Å²) in [6.45, 7) is 8.71. The van der Waals surface area contributed by atoms with Gasteiger partial charge in [-0.3, -0.25) is 14.8 Å². The van der Waals surface area contributed by atoms with E-state index in [9.17, 15) is 4.79 Å². The lowest BCUT2D eigenvalue weighted by atomic mass is 9.85. The number of aromatic amines is 1. The average molecular weight is 538 g/mol. The van der Waals surface area contributed by atoms with Crippen molar-refractivity contribution in [3.8, 4) is 0 Å². The number of aromatic nitrogens is 4. The summed E-state index contributed by atoms with van der Waals surface area (Å²) in [5, 5.41) is 12.0. The number of hydrogen-bond acceptors (Lipinski definition) is 8. The molecule has 4 heterocycles. The minimum Gasteiger partial charge on any atom is -0.341 e. The SMILES string of the molecule is Cc1cc(Nc2nc(N(N)c3cc(C)c(C4CCN(C(=O)[C@@H]5CCCN5C)CC4)cc3C)ncc2Cl)n[nH]1. The van der Waals surface area contributed by atoms with Gasteiger partial charge in [-0.15, -0.1) is 0 Å². The zero-order valence-corrected chi connectivity index (χ0v) is 23.2. The number of aryl methyl sites for hydroxylation is 3. The number of rotatable bonds is 6. The minimum absolute atomic E-state index is 0.0551. The number of H-pyrrole nitrogens is 1. The summed E-state index contributed by atoms with van der Waals surface area (Å²) in [4.78, 5) is 26.2. The Hall–Kier alpha value is -3.21. The first kappa shape index (κ1) is 26.4. The van der Waals surface area contributed by atoms with Crippen LogP contribution in [0.1, 0.15) is 54.0 Å². The van der Waals surface area contributed by atoms with Crippen LogP contribution in [-0.2, 0) is 4.79 Å². The standard InChI is InChI=1S/C27H36ClN9O/c1-16-13-23(37(29)27-30-15-21(28)25(32-27)31-24-14-18(3)33-34-24)17(2)12-20(16)19-7-10-36(11-8-19)26(38)22-6-5-9-35(22)4/h12-15,19,22H,5-11,29H2,1-4H3,(H2,30,31,32,33,34)/t22-/m0/s1. The number of piperidine rings is 1. The van der Waals surface area contributed by atoms with Crippen molar-refractivity contribution in [3.05, 3.63) is 51.8 Å². The Kier molecular flexibility index (Phi) is 7.56. The van der Waals surface area contributed by atoms with Crippen LogP contribution in [0.3, 0.4) is 0 Å². The van der Waals surface area contributed by atoms with Gasteiger partial charge >= 0.3 is 0 Å². The second-order valence-electron chi connectivity index (χ2n) is 10.5. The molecule has 1 aromatic carbocycles. The highest BCUT2D eigenvalue weighted by Crippen LogP contribution is 2.36. The number of nitrogens with one attached hydrogen (secondary N) is 2. The molecule has 11 heteroatoms. The predicted molar refractivity (Wildman–Crippen MR) is 150 cm³/mol. The van der Waals surface area contributed by atoms with Crippen LogP contribution in [0.15, 0.2) is 24.4 Å². The van der Waals surface area contributed by atoms with E-state index in [1.807, 2.05) is 19.9 Å². The van der Waals surface area contributed by atoms with Crippen molar-refractivity contribution < 1.29 is 4.79 Å². The quantitative estimate of drug-likeness (QED) is 0.314. The number of hydrogen-bond donors (Lipinski definition) is 3. The minimum atomic E-state index is 0.0551. The molecule has 202 valence electrons. The molecule has 0 spiro atoms. The molecule has 0 unspecified atom stereocenters. The molecule has 2 fully saturated rings. The van der Waals surface area contributed by atoms with Crippen molar-refractivity contribution in [3.63, 3.8) is 0 Å². The number of likely N-dealkylation sites (tertiary alicyclic amines) is 2. The highest BCUT2D eigenvalue weighted by atomic mass is 35.5. The van der Waals surface area contributed by atoms with Crippen LogP contribution in [0.5, 0.6) is 0 Å². The van der Waals surface area contributed by atoms with Crippen LogP contribution in [0.2, 0.25) is 5.02 Å². The van der Waals surface area contributed by atoms with Crippen molar-refractivity contribution in [1.82, 2.24) is 30.0 Å². The molecule has 0 bridgehead atoms. The third kappa shape index (κ3) is 5.34. The Morgan fingerprint density at radius 3 is 2.55 bits per heavy atom. The molecule has 2 saturated heterocycles. The van der Waals surface area contributed by atoms with Gasteiger partial charge in [0.05, 0.1) is 17.9 Å². The Morgan fingerprint density at radius 2 is 1.89 bits per heavy atom. The lowest BCUT2D eigenvalue weighted by molar-refractivity contribution is -0.136. The largest absolute Gasteiger partial charge is 0.341 e. The summed E-state index contributed by atoms with van der Waals surface area (Å²) in [5.41, 5.74) is 5.27. The van der Waals surface area contributed by atoms with Crippen molar-refractivity contribution in [2.75, 3.05) is 37.0 Å². The molecule has 2 aliphatic heterocycles. The fourth-order valence-corrected chi connectivity index (χ4v) is 5.78. The lowest BCUT2D eigenvalue weighted by Gasteiger charge is -2.35. The van der Waals surface area contributed by atoms with Gasteiger partial charge in [0, 0.05) is 24.8 Å². The van der Waals surface area contributed by atoms with Crippen molar-refractivity contribution in [2.45, 2.75) is 58.4 Å². The number of carbonyl (C=O) groups excluding carboxylic acids is 1. The summed E-state index contributed by atoms with van der Waals surface area (Å²) in [6, 6.07) is 6.23. The van der Waals surface area contributed by atoms with Crippen molar-refractivity contribution >= 4 is 40.8 Å². The predicted octanol–water partition coefficient (Wildman–Crippen LogP) is 4.33. The second-order valence-corrected chi connectivity index (χ2v) is 10.9. The van der Waals surface area contributed by atoms with Gasteiger partial charge in [-0.2, -0.15) is 10.1 Å². The van der Waals surface area contributed by atoms with Gasteiger partial charge in [0.2, 0.25) is 11.9 Å². The maximum absolute atomic E-state index is 13.0. The lowest BCUT2D eigenvalue weighted by Crippen LogP contribution is -2.47. The monoisotopic (exact) mass is 537 g/mol. The van der Waals surface area contributed by atoms with Gasteiger partial charge in [-0.1, -0.05) is 17.7 Å².